The number of guanidine groups is 1. The number of anilines is 1. The van der Waals surface area contributed by atoms with E-state index < -0.39 is 0 Å². The largest absolute Gasteiger partial charge is 0.380 e. The van der Waals surface area contributed by atoms with Crippen LogP contribution in [0.15, 0.2) is 46.2 Å². The van der Waals surface area contributed by atoms with Gasteiger partial charge in [-0.05, 0) is 25.1 Å². The molecule has 0 aliphatic rings. The van der Waals surface area contributed by atoms with Crippen molar-refractivity contribution in [3.63, 3.8) is 0 Å². The van der Waals surface area contributed by atoms with Crippen molar-refractivity contribution in [2.75, 3.05) is 12.4 Å². The number of pyridine rings is 1. The summed E-state index contributed by atoms with van der Waals surface area (Å²) in [7, 11) is 3.38. The lowest BCUT2D eigenvalue weighted by molar-refractivity contribution is 0.185. The average molecular weight is 442 g/mol. The third kappa shape index (κ3) is 5.07. The fraction of sp³-hybridized carbons (Fsp3) is 0.294. The minimum absolute atomic E-state index is 0. The predicted molar refractivity (Wildman–Crippen MR) is 108 cm³/mol. The Balaban J connectivity index is 0.00000288. The molecule has 0 bridgehead atoms. The van der Waals surface area contributed by atoms with Crippen LogP contribution in [-0.2, 0) is 24.9 Å². The molecule has 0 saturated carbocycles. The number of benzene rings is 1. The molecular formula is C17H23IN4O2. The molecule has 0 aliphatic carbocycles. The van der Waals surface area contributed by atoms with E-state index in [2.05, 4.69) is 10.3 Å². The van der Waals surface area contributed by atoms with E-state index in [4.69, 9.17) is 10.5 Å². The molecule has 0 radical (unpaired) electrons. The third-order valence-corrected chi connectivity index (χ3v) is 3.63. The number of aliphatic imine (C=N–C) groups is 1. The van der Waals surface area contributed by atoms with Crippen LogP contribution < -0.4 is 16.6 Å². The van der Waals surface area contributed by atoms with Crippen LogP contribution in [0.4, 0.5) is 5.69 Å². The number of aromatic nitrogens is 1. The van der Waals surface area contributed by atoms with E-state index in [0.717, 1.165) is 16.9 Å². The Hall–Kier alpha value is -1.87. The molecule has 0 fully saturated rings. The van der Waals surface area contributed by atoms with E-state index in [0.29, 0.717) is 12.2 Å². The zero-order valence-electron chi connectivity index (χ0n) is 14.1. The lowest BCUT2D eigenvalue weighted by atomic mass is 10.2. The summed E-state index contributed by atoms with van der Waals surface area (Å²) in [6.45, 7) is 2.60. The number of nitrogens with two attached hydrogens (primary N) is 1. The van der Waals surface area contributed by atoms with Gasteiger partial charge in [-0.1, -0.05) is 18.2 Å². The Morgan fingerprint density at radius 3 is 2.67 bits per heavy atom. The first-order valence-corrected chi connectivity index (χ1v) is 7.32. The number of halogens is 1. The van der Waals surface area contributed by atoms with Crippen molar-refractivity contribution in [2.45, 2.75) is 20.1 Å². The maximum absolute atomic E-state index is 12.1. The molecule has 0 unspecified atom stereocenters. The lowest BCUT2D eigenvalue weighted by Crippen LogP contribution is -2.25. The van der Waals surface area contributed by atoms with Gasteiger partial charge in [0.1, 0.15) is 0 Å². The molecule has 3 N–H and O–H groups in total. The van der Waals surface area contributed by atoms with E-state index in [1.807, 2.05) is 37.3 Å². The van der Waals surface area contributed by atoms with E-state index in [9.17, 15) is 4.79 Å². The number of methoxy groups -OCH3 is 1. The van der Waals surface area contributed by atoms with Crippen LogP contribution >= 0.6 is 24.0 Å². The van der Waals surface area contributed by atoms with Gasteiger partial charge in [-0.3, -0.25) is 4.79 Å². The van der Waals surface area contributed by atoms with Crippen molar-refractivity contribution < 1.29 is 4.74 Å². The van der Waals surface area contributed by atoms with Crippen molar-refractivity contribution in [1.82, 2.24) is 4.57 Å². The maximum Gasteiger partial charge on any atom is 0.255 e. The normalized spacial score (nSPS) is 11.0. The molecule has 1 aromatic carbocycles. The fourth-order valence-electron chi connectivity index (χ4n) is 2.17. The van der Waals surface area contributed by atoms with Gasteiger partial charge in [0.2, 0.25) is 0 Å². The summed E-state index contributed by atoms with van der Waals surface area (Å²) in [6.07, 6.45) is 0. The summed E-state index contributed by atoms with van der Waals surface area (Å²) in [5.74, 6) is 0.260. The molecule has 2 rings (SSSR count). The van der Waals surface area contributed by atoms with Crippen LogP contribution in [0.3, 0.4) is 0 Å². The standard InChI is InChI=1S/C17H22N4O2.HI/c1-12-8-9-13(16(22)21(12)2)10-19-17(18)20-15-7-5-4-6-14(15)11-23-3;/h4-9H,10-11H2,1-3H3,(H3,18,19,20);1H. The molecule has 7 heteroatoms. The highest BCUT2D eigenvalue weighted by Crippen LogP contribution is 2.15. The Morgan fingerprint density at radius 2 is 1.96 bits per heavy atom. The van der Waals surface area contributed by atoms with E-state index in [1.54, 1.807) is 24.8 Å². The highest BCUT2D eigenvalue weighted by molar-refractivity contribution is 14.0. The summed E-state index contributed by atoms with van der Waals surface area (Å²) in [6, 6.07) is 11.4. The fourth-order valence-corrected chi connectivity index (χ4v) is 2.17. The first-order valence-electron chi connectivity index (χ1n) is 7.32. The van der Waals surface area contributed by atoms with Gasteiger partial charge < -0.3 is 20.4 Å². The van der Waals surface area contributed by atoms with Crippen molar-refractivity contribution >= 4 is 35.6 Å². The molecule has 1 aromatic heterocycles. The predicted octanol–water partition coefficient (Wildman–Crippen LogP) is 2.38. The summed E-state index contributed by atoms with van der Waals surface area (Å²) in [4.78, 5) is 16.4. The second kappa shape index (κ2) is 9.43. The first-order chi connectivity index (χ1) is 11.0. The van der Waals surface area contributed by atoms with Gasteiger partial charge in [0.15, 0.2) is 5.96 Å². The molecule has 2 aromatic rings. The number of para-hydroxylation sites is 1. The van der Waals surface area contributed by atoms with Crippen LogP contribution in [0.2, 0.25) is 0 Å². The first kappa shape index (κ1) is 20.2. The Bertz CT molecular complexity index is 771. The van der Waals surface area contributed by atoms with Gasteiger partial charge >= 0.3 is 0 Å². The van der Waals surface area contributed by atoms with Crippen LogP contribution in [0.5, 0.6) is 0 Å². The SMILES string of the molecule is COCc1ccccc1NC(N)=NCc1ccc(C)n(C)c1=O.I. The van der Waals surface area contributed by atoms with E-state index in [-0.39, 0.29) is 42.0 Å². The molecule has 130 valence electrons. The zero-order chi connectivity index (χ0) is 16.8. The Labute approximate surface area is 158 Å². The lowest BCUT2D eigenvalue weighted by Gasteiger charge is -2.11. The van der Waals surface area contributed by atoms with Crippen LogP contribution in [0.25, 0.3) is 0 Å². The number of ether oxygens (including phenoxy) is 1. The van der Waals surface area contributed by atoms with Gasteiger partial charge in [0.25, 0.3) is 5.56 Å². The summed E-state index contributed by atoms with van der Waals surface area (Å²) < 4.78 is 6.75. The van der Waals surface area contributed by atoms with Crippen molar-refractivity contribution in [3.8, 4) is 0 Å². The summed E-state index contributed by atoms with van der Waals surface area (Å²) in [5.41, 5.74) is 9.21. The van der Waals surface area contributed by atoms with Gasteiger partial charge in [-0.25, -0.2) is 4.99 Å². The Morgan fingerprint density at radius 1 is 1.25 bits per heavy atom. The zero-order valence-corrected chi connectivity index (χ0v) is 16.4. The summed E-state index contributed by atoms with van der Waals surface area (Å²) >= 11 is 0. The van der Waals surface area contributed by atoms with Gasteiger partial charge in [-0.15, -0.1) is 24.0 Å². The monoisotopic (exact) mass is 442 g/mol. The van der Waals surface area contributed by atoms with Crippen LogP contribution in [-0.4, -0.2) is 17.6 Å². The highest BCUT2D eigenvalue weighted by Gasteiger charge is 2.05. The van der Waals surface area contributed by atoms with Crippen molar-refractivity contribution in [3.05, 3.63) is 63.6 Å². The molecule has 1 heterocycles. The number of nitrogens with zero attached hydrogens (tertiary/aromatic N) is 2. The second-order valence-electron chi connectivity index (χ2n) is 5.28. The number of hydrogen-bond donors (Lipinski definition) is 2. The van der Waals surface area contributed by atoms with Crippen molar-refractivity contribution in [1.29, 1.82) is 0 Å². The van der Waals surface area contributed by atoms with Gasteiger partial charge in [0, 0.05) is 36.7 Å². The maximum atomic E-state index is 12.1. The van der Waals surface area contributed by atoms with Crippen LogP contribution in [0, 0.1) is 6.92 Å². The Kier molecular flexibility index (Phi) is 7.93. The molecular weight excluding hydrogens is 419 g/mol. The molecule has 24 heavy (non-hydrogen) atoms. The second-order valence-corrected chi connectivity index (χ2v) is 5.28. The number of rotatable bonds is 5. The third-order valence-electron chi connectivity index (χ3n) is 3.63. The molecule has 0 saturated heterocycles. The topological polar surface area (TPSA) is 81.6 Å². The average Bonchev–Trinajstić information content (AvgIpc) is 2.54. The minimum atomic E-state index is -0.0543. The quantitative estimate of drug-likeness (QED) is 0.424. The molecule has 6 nitrogen and oxygen atoms in total. The number of hydrogen-bond acceptors (Lipinski definition) is 3. The number of aryl methyl sites for hydroxylation is 1. The van der Waals surface area contributed by atoms with E-state index >= 15 is 0 Å². The minimum Gasteiger partial charge on any atom is -0.380 e. The molecule has 0 amide bonds. The molecule has 0 aliphatic heterocycles. The van der Waals surface area contributed by atoms with Crippen LogP contribution in [0.1, 0.15) is 16.8 Å². The smallest absolute Gasteiger partial charge is 0.255 e. The van der Waals surface area contributed by atoms with Crippen molar-refractivity contribution in [2.24, 2.45) is 17.8 Å². The molecule has 0 spiro atoms. The number of nitrogens with one attached hydrogen (secondary N) is 1. The molecule has 0 atom stereocenters. The van der Waals surface area contributed by atoms with Gasteiger partial charge in [-0.2, -0.15) is 0 Å². The summed E-state index contributed by atoms with van der Waals surface area (Å²) in [5, 5.41) is 3.05. The highest BCUT2D eigenvalue weighted by atomic mass is 127. The van der Waals surface area contributed by atoms with E-state index in [1.165, 1.54) is 0 Å². The van der Waals surface area contributed by atoms with Gasteiger partial charge in [0.05, 0.1) is 13.2 Å².